The number of benzene rings is 1. The molecule has 0 aliphatic rings. The number of nitrogens with zero attached hydrogens (tertiary/aromatic N) is 1. The second-order valence-corrected chi connectivity index (χ2v) is 2.87. The molecule has 0 spiro atoms. The van der Waals surface area contributed by atoms with Crippen molar-refractivity contribution in [1.29, 1.82) is 5.26 Å². The van der Waals surface area contributed by atoms with Crippen molar-refractivity contribution in [2.45, 2.75) is 6.43 Å². The van der Waals surface area contributed by atoms with Gasteiger partial charge < -0.3 is 9.84 Å². The van der Waals surface area contributed by atoms with Crippen molar-refractivity contribution in [2.75, 3.05) is 7.11 Å². The molecule has 0 radical (unpaired) electrons. The first-order valence-electron chi connectivity index (χ1n) is 4.14. The molecule has 0 atom stereocenters. The number of nitriles is 1. The average Bonchev–Trinajstić information content (AvgIpc) is 2.28. The first-order chi connectivity index (χ1) is 7.51. The average molecular weight is 227 g/mol. The van der Waals surface area contributed by atoms with Crippen LogP contribution >= 0.6 is 0 Å². The Morgan fingerprint density at radius 2 is 2.19 bits per heavy atom. The van der Waals surface area contributed by atoms with Gasteiger partial charge in [-0.25, -0.2) is 13.6 Å². The van der Waals surface area contributed by atoms with Gasteiger partial charge in [-0.1, -0.05) is 0 Å². The summed E-state index contributed by atoms with van der Waals surface area (Å²) < 4.78 is 29.1. The molecule has 6 heteroatoms. The molecule has 0 aromatic heterocycles. The van der Waals surface area contributed by atoms with E-state index in [1.807, 2.05) is 0 Å². The predicted molar refractivity (Wildman–Crippen MR) is 49.1 cm³/mol. The van der Waals surface area contributed by atoms with Crippen LogP contribution in [0, 0.1) is 11.3 Å². The number of phenolic OH excluding ortho intramolecular Hbond substituents is 1. The highest BCUT2D eigenvalue weighted by Crippen LogP contribution is 2.29. The normalized spacial score (nSPS) is 9.94. The first-order valence-corrected chi connectivity index (χ1v) is 4.14. The lowest BCUT2D eigenvalue weighted by atomic mass is 10.0. The van der Waals surface area contributed by atoms with Crippen LogP contribution in [-0.2, 0) is 4.74 Å². The molecule has 1 N–H and O–H groups in total. The van der Waals surface area contributed by atoms with Gasteiger partial charge in [0.15, 0.2) is 0 Å². The topological polar surface area (TPSA) is 70.3 Å². The monoisotopic (exact) mass is 227 g/mol. The van der Waals surface area contributed by atoms with E-state index in [4.69, 9.17) is 5.26 Å². The number of alkyl halides is 2. The van der Waals surface area contributed by atoms with Crippen molar-refractivity contribution in [2.24, 2.45) is 0 Å². The Kier molecular flexibility index (Phi) is 3.40. The number of ether oxygens (including phenoxy) is 1. The van der Waals surface area contributed by atoms with E-state index in [2.05, 4.69) is 4.74 Å². The van der Waals surface area contributed by atoms with Crippen LogP contribution in [0.25, 0.3) is 0 Å². The minimum atomic E-state index is -2.84. The molecule has 0 unspecified atom stereocenters. The number of halogens is 2. The lowest BCUT2D eigenvalue weighted by molar-refractivity contribution is 0.0597. The summed E-state index contributed by atoms with van der Waals surface area (Å²) in [4.78, 5) is 11.1. The second-order valence-electron chi connectivity index (χ2n) is 2.87. The van der Waals surface area contributed by atoms with E-state index in [-0.39, 0.29) is 0 Å². The van der Waals surface area contributed by atoms with Gasteiger partial charge >= 0.3 is 5.97 Å². The van der Waals surface area contributed by atoms with Gasteiger partial charge in [0.1, 0.15) is 17.4 Å². The molecule has 0 heterocycles. The van der Waals surface area contributed by atoms with Crippen LogP contribution < -0.4 is 0 Å². The lowest BCUT2D eigenvalue weighted by Crippen LogP contribution is -2.04. The van der Waals surface area contributed by atoms with Crippen LogP contribution in [0.1, 0.15) is 27.9 Å². The van der Waals surface area contributed by atoms with Crippen molar-refractivity contribution in [3.8, 4) is 11.8 Å². The van der Waals surface area contributed by atoms with Crippen LogP contribution in [0.2, 0.25) is 0 Å². The standard InChI is InChI=1S/C10H7F2NO3/c1-16-10(15)7-3-5(9(11)12)2-6(4-13)8(7)14/h2-3,9,14H,1H3. The minimum Gasteiger partial charge on any atom is -0.506 e. The Balaban J connectivity index is 3.43. The number of methoxy groups -OCH3 is 1. The molecular weight excluding hydrogens is 220 g/mol. The van der Waals surface area contributed by atoms with Crippen molar-refractivity contribution in [1.82, 2.24) is 0 Å². The van der Waals surface area contributed by atoms with Gasteiger partial charge in [-0.3, -0.25) is 0 Å². The molecule has 0 amide bonds. The molecule has 0 saturated heterocycles. The number of phenols is 1. The maximum Gasteiger partial charge on any atom is 0.341 e. The third kappa shape index (κ3) is 2.08. The van der Waals surface area contributed by atoms with Gasteiger partial charge in [-0.2, -0.15) is 5.26 Å². The third-order valence-corrected chi connectivity index (χ3v) is 1.91. The fraction of sp³-hybridized carbons (Fsp3) is 0.200. The lowest BCUT2D eigenvalue weighted by Gasteiger charge is -2.07. The second kappa shape index (κ2) is 4.57. The molecule has 1 aromatic rings. The molecule has 4 nitrogen and oxygen atoms in total. The maximum absolute atomic E-state index is 12.4. The largest absolute Gasteiger partial charge is 0.506 e. The van der Waals surface area contributed by atoms with Crippen molar-refractivity contribution in [3.05, 3.63) is 28.8 Å². The van der Waals surface area contributed by atoms with Gasteiger partial charge in [0.25, 0.3) is 6.43 Å². The highest BCUT2D eigenvalue weighted by molar-refractivity contribution is 5.93. The highest BCUT2D eigenvalue weighted by atomic mass is 19.3. The van der Waals surface area contributed by atoms with E-state index in [1.54, 1.807) is 0 Å². The Morgan fingerprint density at radius 3 is 2.62 bits per heavy atom. The maximum atomic E-state index is 12.4. The van der Waals surface area contributed by atoms with E-state index in [1.165, 1.54) is 6.07 Å². The van der Waals surface area contributed by atoms with Gasteiger partial charge in [0, 0.05) is 5.56 Å². The van der Waals surface area contributed by atoms with Crippen LogP contribution in [0.3, 0.4) is 0 Å². The zero-order chi connectivity index (χ0) is 12.3. The van der Waals surface area contributed by atoms with Crippen molar-refractivity contribution in [3.63, 3.8) is 0 Å². The Morgan fingerprint density at radius 1 is 1.56 bits per heavy atom. The highest BCUT2D eigenvalue weighted by Gasteiger charge is 2.20. The number of hydrogen-bond donors (Lipinski definition) is 1. The summed E-state index contributed by atoms with van der Waals surface area (Å²) in [5, 5.41) is 18.0. The van der Waals surface area contributed by atoms with E-state index in [9.17, 15) is 18.7 Å². The van der Waals surface area contributed by atoms with Gasteiger partial charge in [0.05, 0.1) is 12.7 Å². The molecule has 84 valence electrons. The Bertz CT molecular complexity index is 466. The minimum absolute atomic E-state index is 0.391. The number of aromatic hydroxyl groups is 1. The number of carbonyl (C=O) groups is 1. The van der Waals surface area contributed by atoms with E-state index in [0.29, 0.717) is 0 Å². The van der Waals surface area contributed by atoms with Crippen molar-refractivity contribution < 1.29 is 23.4 Å². The molecule has 1 aromatic carbocycles. The summed E-state index contributed by atoms with van der Waals surface area (Å²) in [7, 11) is 1.04. The predicted octanol–water partition coefficient (Wildman–Crippen LogP) is 1.99. The van der Waals surface area contributed by atoms with Gasteiger partial charge in [-0.15, -0.1) is 0 Å². The Hall–Kier alpha value is -2.16. The Labute approximate surface area is 89.7 Å². The molecule has 0 saturated carbocycles. The molecule has 0 bridgehead atoms. The number of carbonyl (C=O) groups excluding carboxylic acids is 1. The summed E-state index contributed by atoms with van der Waals surface area (Å²) in [6, 6.07) is 3.14. The number of hydrogen-bond acceptors (Lipinski definition) is 4. The van der Waals surface area contributed by atoms with Crippen LogP contribution in [0.4, 0.5) is 8.78 Å². The summed E-state index contributed by atoms with van der Waals surface area (Å²) in [6.07, 6.45) is -2.84. The zero-order valence-corrected chi connectivity index (χ0v) is 8.20. The van der Waals surface area contributed by atoms with Crippen LogP contribution in [0.15, 0.2) is 12.1 Å². The third-order valence-electron chi connectivity index (χ3n) is 1.91. The van der Waals surface area contributed by atoms with E-state index < -0.39 is 34.8 Å². The van der Waals surface area contributed by atoms with Gasteiger partial charge in [0.2, 0.25) is 0 Å². The smallest absolute Gasteiger partial charge is 0.341 e. The zero-order valence-electron chi connectivity index (χ0n) is 8.20. The quantitative estimate of drug-likeness (QED) is 0.784. The van der Waals surface area contributed by atoms with Crippen LogP contribution in [0.5, 0.6) is 5.75 Å². The first kappa shape index (κ1) is 11.9. The van der Waals surface area contributed by atoms with Gasteiger partial charge in [-0.05, 0) is 12.1 Å². The molecule has 0 aliphatic heterocycles. The number of rotatable bonds is 2. The molecule has 0 fully saturated rings. The van der Waals surface area contributed by atoms with Crippen molar-refractivity contribution >= 4 is 5.97 Å². The van der Waals surface area contributed by atoms with E-state index >= 15 is 0 Å². The number of esters is 1. The SMILES string of the molecule is COC(=O)c1cc(C(F)F)cc(C#N)c1O. The molecule has 0 aliphatic carbocycles. The molecular formula is C10H7F2NO3. The fourth-order valence-electron chi connectivity index (χ4n) is 1.13. The summed E-state index contributed by atoms with van der Waals surface area (Å²) in [6.45, 7) is 0. The summed E-state index contributed by atoms with van der Waals surface area (Å²) in [5.41, 5.74) is -1.36. The fourth-order valence-corrected chi connectivity index (χ4v) is 1.13. The summed E-state index contributed by atoms with van der Waals surface area (Å²) >= 11 is 0. The molecule has 16 heavy (non-hydrogen) atoms. The van der Waals surface area contributed by atoms with Crippen LogP contribution in [-0.4, -0.2) is 18.2 Å². The summed E-state index contributed by atoms with van der Waals surface area (Å²) in [5.74, 6) is -1.63. The van der Waals surface area contributed by atoms with E-state index in [0.717, 1.165) is 19.2 Å². The molecule has 1 rings (SSSR count).